The van der Waals surface area contributed by atoms with E-state index in [4.69, 9.17) is 4.74 Å². The van der Waals surface area contributed by atoms with Crippen LogP contribution in [-0.2, 0) is 11.3 Å². The molecule has 0 radical (unpaired) electrons. The first kappa shape index (κ1) is 15.8. The molecule has 0 bridgehead atoms. The fourth-order valence-corrected chi connectivity index (χ4v) is 2.67. The number of amides is 1. The van der Waals surface area contributed by atoms with Crippen LogP contribution in [0.2, 0.25) is 0 Å². The minimum atomic E-state index is -0.403. The van der Waals surface area contributed by atoms with Crippen molar-refractivity contribution >= 4 is 5.91 Å². The van der Waals surface area contributed by atoms with Gasteiger partial charge in [0, 0.05) is 19.6 Å². The lowest BCUT2D eigenvalue weighted by atomic mass is 10.2. The summed E-state index contributed by atoms with van der Waals surface area (Å²) in [4.78, 5) is 13.7. The normalized spacial score (nSPS) is 15.2. The molecule has 1 aromatic carbocycles. The van der Waals surface area contributed by atoms with Gasteiger partial charge in [-0.15, -0.1) is 0 Å². The highest BCUT2D eigenvalue weighted by Crippen LogP contribution is 2.19. The molecule has 0 spiro atoms. The number of hydrogen-bond acceptors (Lipinski definition) is 3. The monoisotopic (exact) mass is 294 g/mol. The Bertz CT molecular complexity index is 487. The molecule has 1 saturated carbocycles. The van der Waals surface area contributed by atoms with E-state index >= 15 is 0 Å². The number of ether oxygens (including phenoxy) is 1. The van der Waals surface area contributed by atoms with E-state index in [2.05, 4.69) is 5.32 Å². The molecule has 1 fully saturated rings. The standard InChI is InChI=1S/C16H23FN2O2/c1-19(16(20)10-18-13-5-3-4-6-13)11-12-7-8-15(21-2)14(17)9-12/h7-9,13,18H,3-6,10-11H2,1-2H3. The van der Waals surface area contributed by atoms with Gasteiger partial charge in [0.25, 0.3) is 0 Å². The first-order valence-electron chi connectivity index (χ1n) is 7.40. The van der Waals surface area contributed by atoms with Crippen LogP contribution in [0.3, 0.4) is 0 Å². The first-order chi connectivity index (χ1) is 10.1. The second-order valence-electron chi connectivity index (χ2n) is 5.58. The largest absolute Gasteiger partial charge is 0.494 e. The average Bonchev–Trinajstić information content (AvgIpc) is 2.98. The predicted molar refractivity (Wildman–Crippen MR) is 79.7 cm³/mol. The van der Waals surface area contributed by atoms with Crippen LogP contribution in [0.5, 0.6) is 5.75 Å². The van der Waals surface area contributed by atoms with Crippen molar-refractivity contribution in [3.05, 3.63) is 29.6 Å². The number of methoxy groups -OCH3 is 1. The van der Waals surface area contributed by atoms with Gasteiger partial charge in [0.05, 0.1) is 13.7 Å². The topological polar surface area (TPSA) is 41.6 Å². The van der Waals surface area contributed by atoms with Gasteiger partial charge in [-0.25, -0.2) is 4.39 Å². The lowest BCUT2D eigenvalue weighted by Crippen LogP contribution is -2.38. The molecule has 0 unspecified atom stereocenters. The first-order valence-corrected chi connectivity index (χ1v) is 7.40. The van der Waals surface area contributed by atoms with Crippen molar-refractivity contribution in [1.29, 1.82) is 0 Å². The lowest BCUT2D eigenvalue weighted by molar-refractivity contribution is -0.129. The second kappa shape index (κ2) is 7.41. The number of halogens is 1. The summed E-state index contributed by atoms with van der Waals surface area (Å²) in [5.41, 5.74) is 0.755. The molecule has 1 N–H and O–H groups in total. The van der Waals surface area contributed by atoms with Gasteiger partial charge in [0.1, 0.15) is 0 Å². The van der Waals surface area contributed by atoms with Crippen LogP contribution in [0.4, 0.5) is 4.39 Å². The van der Waals surface area contributed by atoms with Gasteiger partial charge in [-0.05, 0) is 30.5 Å². The molecule has 0 aliphatic heterocycles. The van der Waals surface area contributed by atoms with Gasteiger partial charge in [0.15, 0.2) is 11.6 Å². The predicted octanol–water partition coefficient (Wildman–Crippen LogP) is 2.32. The van der Waals surface area contributed by atoms with Crippen molar-refractivity contribution < 1.29 is 13.9 Å². The zero-order valence-corrected chi connectivity index (χ0v) is 12.7. The van der Waals surface area contributed by atoms with Crippen LogP contribution < -0.4 is 10.1 Å². The highest BCUT2D eigenvalue weighted by molar-refractivity contribution is 5.78. The Balaban J connectivity index is 1.83. The van der Waals surface area contributed by atoms with Gasteiger partial charge >= 0.3 is 0 Å². The summed E-state index contributed by atoms with van der Waals surface area (Å²) in [6.07, 6.45) is 4.79. The molecule has 1 aliphatic rings. The highest BCUT2D eigenvalue weighted by atomic mass is 19.1. The van der Waals surface area contributed by atoms with E-state index in [0.29, 0.717) is 19.1 Å². The molecule has 1 aromatic rings. The van der Waals surface area contributed by atoms with Crippen LogP contribution >= 0.6 is 0 Å². The zero-order chi connectivity index (χ0) is 15.2. The van der Waals surface area contributed by atoms with E-state index in [1.807, 2.05) is 0 Å². The van der Waals surface area contributed by atoms with E-state index in [1.54, 1.807) is 24.1 Å². The Morgan fingerprint density at radius 2 is 2.14 bits per heavy atom. The fraction of sp³-hybridized carbons (Fsp3) is 0.562. The van der Waals surface area contributed by atoms with Crippen LogP contribution in [0.1, 0.15) is 31.2 Å². The van der Waals surface area contributed by atoms with Crippen molar-refractivity contribution in [2.45, 2.75) is 38.3 Å². The molecule has 116 valence electrons. The minimum absolute atomic E-state index is 0.0260. The van der Waals surface area contributed by atoms with E-state index in [1.165, 1.54) is 26.0 Å². The van der Waals surface area contributed by atoms with Crippen LogP contribution in [0.25, 0.3) is 0 Å². The fourth-order valence-electron chi connectivity index (χ4n) is 2.67. The summed E-state index contributed by atoms with van der Waals surface area (Å²) in [6, 6.07) is 5.24. The number of carbonyl (C=O) groups is 1. The maximum absolute atomic E-state index is 13.6. The molecule has 21 heavy (non-hydrogen) atoms. The molecule has 4 nitrogen and oxygen atoms in total. The Kier molecular flexibility index (Phi) is 5.56. The summed E-state index contributed by atoms with van der Waals surface area (Å²) >= 11 is 0. The number of nitrogens with zero attached hydrogens (tertiary/aromatic N) is 1. The molecule has 0 atom stereocenters. The van der Waals surface area contributed by atoms with Gasteiger partial charge in [-0.3, -0.25) is 4.79 Å². The molecule has 1 aliphatic carbocycles. The SMILES string of the molecule is COc1ccc(CN(C)C(=O)CNC2CCCC2)cc1F. The Hall–Kier alpha value is -1.62. The number of benzene rings is 1. The molecular weight excluding hydrogens is 271 g/mol. The number of hydrogen-bond donors (Lipinski definition) is 1. The second-order valence-corrected chi connectivity index (χ2v) is 5.58. The van der Waals surface area contributed by atoms with Gasteiger partial charge in [-0.1, -0.05) is 18.9 Å². The summed E-state index contributed by atoms with van der Waals surface area (Å²) < 4.78 is 18.5. The average molecular weight is 294 g/mol. The number of rotatable bonds is 6. The summed E-state index contributed by atoms with van der Waals surface area (Å²) in [7, 11) is 3.17. The quantitative estimate of drug-likeness (QED) is 0.875. The van der Waals surface area contributed by atoms with E-state index in [0.717, 1.165) is 18.4 Å². The minimum Gasteiger partial charge on any atom is -0.494 e. The third-order valence-corrected chi connectivity index (χ3v) is 3.96. The number of nitrogens with one attached hydrogen (secondary N) is 1. The summed E-state index contributed by atoms with van der Waals surface area (Å²) in [5, 5.41) is 3.29. The number of likely N-dealkylation sites (N-methyl/N-ethyl adjacent to an activating group) is 1. The van der Waals surface area contributed by atoms with Crippen molar-refractivity contribution in [2.75, 3.05) is 20.7 Å². The van der Waals surface area contributed by atoms with Crippen molar-refractivity contribution in [2.24, 2.45) is 0 Å². The van der Waals surface area contributed by atoms with E-state index in [-0.39, 0.29) is 11.7 Å². The van der Waals surface area contributed by atoms with E-state index in [9.17, 15) is 9.18 Å². The zero-order valence-electron chi connectivity index (χ0n) is 12.7. The molecule has 0 saturated heterocycles. The van der Waals surface area contributed by atoms with E-state index < -0.39 is 5.82 Å². The van der Waals surface area contributed by atoms with Gasteiger partial charge < -0.3 is 15.0 Å². The molecule has 1 amide bonds. The van der Waals surface area contributed by atoms with Crippen molar-refractivity contribution in [1.82, 2.24) is 10.2 Å². The number of carbonyl (C=O) groups excluding carboxylic acids is 1. The lowest BCUT2D eigenvalue weighted by Gasteiger charge is -2.19. The third kappa shape index (κ3) is 4.43. The summed E-state index contributed by atoms with van der Waals surface area (Å²) in [6.45, 7) is 0.742. The summed E-state index contributed by atoms with van der Waals surface area (Å²) in [5.74, 6) is -0.159. The van der Waals surface area contributed by atoms with Crippen LogP contribution in [-0.4, -0.2) is 37.6 Å². The molecule has 0 aromatic heterocycles. The van der Waals surface area contributed by atoms with Crippen molar-refractivity contribution in [3.63, 3.8) is 0 Å². The maximum atomic E-state index is 13.6. The Morgan fingerprint density at radius 3 is 2.76 bits per heavy atom. The molecular formula is C16H23FN2O2. The third-order valence-electron chi connectivity index (χ3n) is 3.96. The van der Waals surface area contributed by atoms with Crippen LogP contribution in [0.15, 0.2) is 18.2 Å². The highest BCUT2D eigenvalue weighted by Gasteiger charge is 2.17. The Labute approximate surface area is 125 Å². The van der Waals surface area contributed by atoms with Crippen molar-refractivity contribution in [3.8, 4) is 5.75 Å². The van der Waals surface area contributed by atoms with Gasteiger partial charge in [0.2, 0.25) is 5.91 Å². The Morgan fingerprint density at radius 1 is 1.43 bits per heavy atom. The molecule has 2 rings (SSSR count). The van der Waals surface area contributed by atoms with Gasteiger partial charge in [-0.2, -0.15) is 0 Å². The molecule has 0 heterocycles. The smallest absolute Gasteiger partial charge is 0.236 e. The van der Waals surface area contributed by atoms with Crippen LogP contribution in [0, 0.1) is 5.82 Å². The maximum Gasteiger partial charge on any atom is 0.236 e. The molecule has 5 heteroatoms.